The summed E-state index contributed by atoms with van der Waals surface area (Å²) in [5.74, 6) is -0.140. The van der Waals surface area contributed by atoms with Gasteiger partial charge in [0.05, 0.1) is 6.04 Å². The van der Waals surface area contributed by atoms with Gasteiger partial charge in [-0.1, -0.05) is 12.8 Å². The number of amides is 1. The molecule has 4 nitrogen and oxygen atoms in total. The second-order valence-corrected chi connectivity index (χ2v) is 6.84. The van der Waals surface area contributed by atoms with Gasteiger partial charge < -0.3 is 9.32 Å². The molecule has 3 aromatic rings. The summed E-state index contributed by atoms with van der Waals surface area (Å²) in [6.07, 6.45) is 7.61. The van der Waals surface area contributed by atoms with Crippen LogP contribution in [0.15, 0.2) is 47.1 Å². The number of hydrogen-bond acceptors (Lipinski definition) is 3. The van der Waals surface area contributed by atoms with Crippen LogP contribution < -0.4 is 0 Å². The number of pyridine rings is 1. The maximum absolute atomic E-state index is 13.6. The Morgan fingerprint density at radius 3 is 2.81 bits per heavy atom. The fourth-order valence-electron chi connectivity index (χ4n) is 3.81. The van der Waals surface area contributed by atoms with Crippen molar-refractivity contribution in [2.75, 3.05) is 6.54 Å². The number of benzene rings is 1. The lowest BCUT2D eigenvalue weighted by molar-refractivity contribution is 0.0649. The van der Waals surface area contributed by atoms with Crippen molar-refractivity contribution in [1.82, 2.24) is 9.88 Å². The van der Waals surface area contributed by atoms with E-state index in [2.05, 4.69) is 4.98 Å². The molecule has 1 unspecified atom stereocenters. The molecule has 3 heterocycles. The minimum atomic E-state index is -0.329. The summed E-state index contributed by atoms with van der Waals surface area (Å²) in [7, 11) is 0. The van der Waals surface area contributed by atoms with E-state index < -0.39 is 0 Å². The van der Waals surface area contributed by atoms with E-state index in [1.807, 2.05) is 24.0 Å². The summed E-state index contributed by atoms with van der Waals surface area (Å²) < 4.78 is 19.4. The molecule has 1 aliphatic heterocycles. The molecule has 1 amide bonds. The fourth-order valence-corrected chi connectivity index (χ4v) is 3.81. The Hall–Kier alpha value is -2.69. The lowest BCUT2D eigenvalue weighted by Gasteiger charge is -2.30. The van der Waals surface area contributed by atoms with E-state index in [9.17, 15) is 9.18 Å². The molecule has 26 heavy (non-hydrogen) atoms. The number of carbonyl (C=O) groups excluding carboxylic acids is 1. The maximum Gasteiger partial charge on any atom is 0.290 e. The van der Waals surface area contributed by atoms with Crippen molar-refractivity contribution in [1.29, 1.82) is 0 Å². The highest BCUT2D eigenvalue weighted by molar-refractivity contribution is 5.99. The van der Waals surface area contributed by atoms with Gasteiger partial charge in [0, 0.05) is 29.9 Å². The van der Waals surface area contributed by atoms with Crippen molar-refractivity contribution >= 4 is 16.9 Å². The molecule has 0 aliphatic carbocycles. The lowest BCUT2D eigenvalue weighted by atomic mass is 10.0. The average Bonchev–Trinajstić information content (AvgIpc) is 2.85. The van der Waals surface area contributed by atoms with Gasteiger partial charge in [-0.15, -0.1) is 0 Å². The van der Waals surface area contributed by atoms with Crippen molar-refractivity contribution in [3.8, 4) is 0 Å². The molecule has 1 aliphatic rings. The average molecular weight is 352 g/mol. The number of aryl methyl sites for hydroxylation is 1. The Labute approximate surface area is 151 Å². The molecule has 134 valence electrons. The van der Waals surface area contributed by atoms with E-state index in [-0.39, 0.29) is 17.8 Å². The van der Waals surface area contributed by atoms with Crippen LogP contribution in [0.5, 0.6) is 0 Å². The highest BCUT2D eigenvalue weighted by Gasteiger charge is 2.31. The number of carbonyl (C=O) groups is 1. The first-order valence-corrected chi connectivity index (χ1v) is 9.04. The topological polar surface area (TPSA) is 46.3 Å². The first-order chi connectivity index (χ1) is 12.6. The number of nitrogens with zero attached hydrogens (tertiary/aromatic N) is 2. The maximum atomic E-state index is 13.6. The van der Waals surface area contributed by atoms with Crippen LogP contribution in [0.4, 0.5) is 4.39 Å². The Balaban J connectivity index is 1.74. The highest BCUT2D eigenvalue weighted by atomic mass is 19.1. The van der Waals surface area contributed by atoms with E-state index in [1.165, 1.54) is 12.1 Å². The predicted molar refractivity (Wildman–Crippen MR) is 97.4 cm³/mol. The monoisotopic (exact) mass is 352 g/mol. The zero-order valence-electron chi connectivity index (χ0n) is 14.7. The third-order valence-corrected chi connectivity index (χ3v) is 5.20. The molecular formula is C21H21FN2O2. The molecule has 1 saturated heterocycles. The molecule has 4 rings (SSSR count). The summed E-state index contributed by atoms with van der Waals surface area (Å²) in [6, 6.07) is 8.31. The molecule has 0 bridgehead atoms. The Kier molecular flexibility index (Phi) is 4.45. The van der Waals surface area contributed by atoms with E-state index in [1.54, 1.807) is 18.5 Å². The number of likely N-dealkylation sites (tertiary alicyclic amines) is 1. The fraction of sp³-hybridized carbons (Fsp3) is 0.333. The third-order valence-electron chi connectivity index (χ3n) is 5.20. The molecule has 1 aromatic carbocycles. The van der Waals surface area contributed by atoms with Gasteiger partial charge in [-0.05, 0) is 55.7 Å². The Morgan fingerprint density at radius 1 is 1.19 bits per heavy atom. The van der Waals surface area contributed by atoms with Crippen molar-refractivity contribution in [2.45, 2.75) is 38.6 Å². The van der Waals surface area contributed by atoms with E-state index in [0.29, 0.717) is 28.8 Å². The van der Waals surface area contributed by atoms with Gasteiger partial charge in [-0.25, -0.2) is 4.39 Å². The van der Waals surface area contributed by atoms with Gasteiger partial charge in [-0.2, -0.15) is 0 Å². The van der Waals surface area contributed by atoms with Crippen LogP contribution in [0.1, 0.15) is 53.4 Å². The van der Waals surface area contributed by atoms with Crippen molar-refractivity contribution in [3.05, 3.63) is 65.4 Å². The quantitative estimate of drug-likeness (QED) is 0.650. The molecule has 2 aromatic heterocycles. The summed E-state index contributed by atoms with van der Waals surface area (Å²) in [5.41, 5.74) is 2.33. The standard InChI is InChI=1S/C21H21FN2O2/c1-14-17-13-16(22)6-7-19(17)26-20(14)21(25)24-12-4-2-3-5-18(24)15-8-10-23-11-9-15/h6-11,13,18H,2-5,12H2,1H3. The van der Waals surface area contributed by atoms with E-state index in [0.717, 1.165) is 31.2 Å². The van der Waals surface area contributed by atoms with Gasteiger partial charge in [-0.3, -0.25) is 9.78 Å². The second-order valence-electron chi connectivity index (χ2n) is 6.84. The number of aromatic nitrogens is 1. The predicted octanol–water partition coefficient (Wildman–Crippen LogP) is 5.03. The molecule has 5 heteroatoms. The van der Waals surface area contributed by atoms with E-state index >= 15 is 0 Å². The number of fused-ring (bicyclic) bond motifs is 1. The number of rotatable bonds is 2. The lowest BCUT2D eigenvalue weighted by Crippen LogP contribution is -2.35. The van der Waals surface area contributed by atoms with Crippen molar-refractivity contribution in [3.63, 3.8) is 0 Å². The summed E-state index contributed by atoms with van der Waals surface area (Å²) in [5, 5.41) is 0.656. The molecule has 0 spiro atoms. The Bertz CT molecular complexity index is 936. The van der Waals surface area contributed by atoms with Gasteiger partial charge in [0.1, 0.15) is 11.4 Å². The molecule has 0 radical (unpaired) electrons. The zero-order valence-corrected chi connectivity index (χ0v) is 14.7. The number of hydrogen-bond donors (Lipinski definition) is 0. The largest absolute Gasteiger partial charge is 0.451 e. The summed E-state index contributed by atoms with van der Waals surface area (Å²) >= 11 is 0. The van der Waals surface area contributed by atoms with Crippen LogP contribution in [-0.4, -0.2) is 22.3 Å². The molecule has 1 atom stereocenters. The molecule has 0 saturated carbocycles. The van der Waals surface area contributed by atoms with Crippen LogP contribution in [0.3, 0.4) is 0 Å². The van der Waals surface area contributed by atoms with Crippen molar-refractivity contribution < 1.29 is 13.6 Å². The highest BCUT2D eigenvalue weighted by Crippen LogP contribution is 2.33. The normalized spacial score (nSPS) is 18.1. The van der Waals surface area contributed by atoms with Gasteiger partial charge in [0.2, 0.25) is 0 Å². The van der Waals surface area contributed by atoms with Crippen LogP contribution in [0.2, 0.25) is 0 Å². The summed E-state index contributed by atoms with van der Waals surface area (Å²) in [6.45, 7) is 2.51. The minimum Gasteiger partial charge on any atom is -0.451 e. The van der Waals surface area contributed by atoms with Crippen LogP contribution >= 0.6 is 0 Å². The zero-order chi connectivity index (χ0) is 18.1. The number of furan rings is 1. The third kappa shape index (κ3) is 2.98. The second kappa shape index (κ2) is 6.90. The summed E-state index contributed by atoms with van der Waals surface area (Å²) in [4.78, 5) is 19.3. The van der Waals surface area contributed by atoms with Gasteiger partial charge in [0.15, 0.2) is 5.76 Å². The van der Waals surface area contributed by atoms with Gasteiger partial charge in [0.25, 0.3) is 5.91 Å². The van der Waals surface area contributed by atoms with Crippen LogP contribution in [-0.2, 0) is 0 Å². The van der Waals surface area contributed by atoms with Crippen LogP contribution in [0, 0.1) is 12.7 Å². The van der Waals surface area contributed by atoms with Crippen LogP contribution in [0.25, 0.3) is 11.0 Å². The molecule has 1 fully saturated rings. The van der Waals surface area contributed by atoms with Crippen molar-refractivity contribution in [2.24, 2.45) is 0 Å². The number of halogens is 1. The smallest absolute Gasteiger partial charge is 0.290 e. The first-order valence-electron chi connectivity index (χ1n) is 9.04. The van der Waals surface area contributed by atoms with Gasteiger partial charge >= 0.3 is 0 Å². The Morgan fingerprint density at radius 2 is 2.00 bits per heavy atom. The molecule has 0 N–H and O–H groups in total. The minimum absolute atomic E-state index is 0.0114. The van der Waals surface area contributed by atoms with E-state index in [4.69, 9.17) is 4.42 Å². The molecular weight excluding hydrogens is 331 g/mol. The first kappa shape index (κ1) is 16.8. The SMILES string of the molecule is Cc1c(C(=O)N2CCCCCC2c2ccncc2)oc2ccc(F)cc12.